The van der Waals surface area contributed by atoms with E-state index in [1.54, 1.807) is 6.07 Å². The van der Waals surface area contributed by atoms with Crippen LogP contribution in [-0.4, -0.2) is 56.9 Å². The smallest absolute Gasteiger partial charge is 0.336 e. The molecule has 0 spiro atoms. The van der Waals surface area contributed by atoms with E-state index in [1.165, 1.54) is 18.2 Å². The summed E-state index contributed by atoms with van der Waals surface area (Å²) < 4.78 is 4.90. The summed E-state index contributed by atoms with van der Waals surface area (Å²) in [6.45, 7) is 8.50. The minimum Gasteiger partial charge on any atom is -0.508 e. The van der Waals surface area contributed by atoms with Gasteiger partial charge in [0, 0.05) is 11.5 Å². The Hall–Kier alpha value is -2.35. The Bertz CT molecular complexity index is 892. The predicted molar refractivity (Wildman–Crippen MR) is 123 cm³/mol. The summed E-state index contributed by atoms with van der Waals surface area (Å²) in [6, 6.07) is 5.85. The second-order valence-electron chi connectivity index (χ2n) is 10.1. The van der Waals surface area contributed by atoms with Crippen molar-refractivity contribution < 1.29 is 35.1 Å². The van der Waals surface area contributed by atoms with Crippen molar-refractivity contribution in [3.8, 4) is 11.5 Å². The number of hydrogen-bond acceptors (Lipinski definition) is 7. The zero-order chi connectivity index (χ0) is 24.4. The average molecular weight is 461 g/mol. The van der Waals surface area contributed by atoms with Crippen LogP contribution in [0.5, 0.6) is 11.5 Å². The number of fused-ring (bicyclic) bond motifs is 1. The summed E-state index contributed by atoms with van der Waals surface area (Å²) in [5, 5.41) is 47.7. The number of phenols is 2. The van der Waals surface area contributed by atoms with Gasteiger partial charge in [0.1, 0.15) is 24.2 Å². The Kier molecular flexibility index (Phi) is 7.56. The molecular weight excluding hydrogens is 424 g/mol. The van der Waals surface area contributed by atoms with Crippen LogP contribution < -0.4 is 0 Å². The van der Waals surface area contributed by atoms with Crippen molar-refractivity contribution in [3.05, 3.63) is 48.1 Å². The van der Waals surface area contributed by atoms with Gasteiger partial charge in [-0.15, -0.1) is 0 Å². The number of aliphatic hydroxyl groups is 3. The molecule has 1 aromatic carbocycles. The fourth-order valence-corrected chi connectivity index (χ4v) is 6.06. The van der Waals surface area contributed by atoms with E-state index in [9.17, 15) is 20.1 Å². The van der Waals surface area contributed by atoms with Crippen LogP contribution in [0.4, 0.5) is 0 Å². The number of allylic oxidation sites excluding steroid dienone is 2. The molecule has 1 heterocycles. The van der Waals surface area contributed by atoms with Gasteiger partial charge >= 0.3 is 5.97 Å². The summed E-state index contributed by atoms with van der Waals surface area (Å²) in [7, 11) is 0. The van der Waals surface area contributed by atoms with Crippen LogP contribution in [-0.2, 0) is 9.53 Å². The summed E-state index contributed by atoms with van der Waals surface area (Å²) in [4.78, 5) is 11.8. The fourth-order valence-electron chi connectivity index (χ4n) is 6.06. The largest absolute Gasteiger partial charge is 0.508 e. The molecule has 0 radical (unpaired) electrons. The molecule has 0 bridgehead atoms. The van der Waals surface area contributed by atoms with Gasteiger partial charge in [-0.2, -0.15) is 0 Å². The van der Waals surface area contributed by atoms with E-state index in [2.05, 4.69) is 13.5 Å². The minimum absolute atomic E-state index is 0.0280. The second kappa shape index (κ2) is 9.87. The molecule has 6 atom stereocenters. The third kappa shape index (κ3) is 4.95. The first-order chi connectivity index (χ1) is 15.5. The lowest BCUT2D eigenvalue weighted by molar-refractivity contribution is -0.151. The normalized spacial score (nSPS) is 37.2. The van der Waals surface area contributed by atoms with Crippen LogP contribution in [0, 0.1) is 22.7 Å². The fraction of sp³-hybridized carbons (Fsp3) is 0.577. The van der Waals surface area contributed by atoms with Crippen LogP contribution in [0.25, 0.3) is 0 Å². The van der Waals surface area contributed by atoms with Gasteiger partial charge in [0.05, 0.1) is 18.3 Å². The summed E-state index contributed by atoms with van der Waals surface area (Å²) in [6.07, 6.45) is 4.42. The van der Waals surface area contributed by atoms with Gasteiger partial charge in [0.2, 0.25) is 0 Å². The summed E-state index contributed by atoms with van der Waals surface area (Å²) in [5.74, 6) is 0.103. The monoisotopic (exact) mass is 460 g/mol. The van der Waals surface area contributed by atoms with E-state index in [0.29, 0.717) is 18.4 Å². The number of carbonyl (C=O) groups is 1. The predicted octanol–water partition coefficient (Wildman–Crippen LogP) is 3.06. The number of benzene rings is 1. The molecule has 0 aromatic heterocycles. The Labute approximate surface area is 195 Å². The molecule has 1 unspecified atom stereocenters. The first-order valence-corrected chi connectivity index (χ1v) is 11.5. The Balaban J connectivity index is 0.000000323. The number of cyclic esters (lactones) is 1. The van der Waals surface area contributed by atoms with Crippen molar-refractivity contribution >= 4 is 5.97 Å². The second-order valence-corrected chi connectivity index (χ2v) is 10.1. The number of aromatic hydroxyl groups is 2. The Morgan fingerprint density at radius 2 is 1.85 bits per heavy atom. The molecule has 3 aliphatic rings. The highest BCUT2D eigenvalue weighted by molar-refractivity contribution is 5.91. The maximum absolute atomic E-state index is 11.8. The van der Waals surface area contributed by atoms with Gasteiger partial charge in [-0.3, -0.25) is 0 Å². The zero-order valence-electron chi connectivity index (χ0n) is 19.4. The molecule has 3 fully saturated rings. The quantitative estimate of drug-likeness (QED) is 0.266. The van der Waals surface area contributed by atoms with Crippen LogP contribution in [0.2, 0.25) is 0 Å². The first-order valence-electron chi connectivity index (χ1n) is 11.5. The number of rotatable bonds is 3. The number of esters is 1. The Morgan fingerprint density at radius 3 is 2.36 bits per heavy atom. The van der Waals surface area contributed by atoms with E-state index in [4.69, 9.17) is 14.9 Å². The highest BCUT2D eigenvalue weighted by Gasteiger charge is 2.57. The highest BCUT2D eigenvalue weighted by atomic mass is 16.6. The van der Waals surface area contributed by atoms with Crippen LogP contribution in [0.15, 0.2) is 48.1 Å². The van der Waals surface area contributed by atoms with Crippen LogP contribution >= 0.6 is 0 Å². The number of ether oxygens (including phenoxy) is 1. The van der Waals surface area contributed by atoms with E-state index < -0.39 is 23.6 Å². The standard InChI is InChI=1S/C20H30O5.C6H6O2/c1-12-4-7-16-19(2,9-8-17(23)20(16,3)11-21)14(12)6-5-13-15(22)10-25-18(13)24;7-5-2-1-3-6(8)4-5/h5,14-17,21-23H,1,4,6-11H2,2-3H3;1-4,7-8H/b13-5+;/t14-,15-,16?,17-,19+,20+;/m0./s1. The maximum atomic E-state index is 11.8. The lowest BCUT2D eigenvalue weighted by atomic mass is 9.46. The van der Waals surface area contributed by atoms with Gasteiger partial charge in [0.25, 0.3) is 0 Å². The van der Waals surface area contributed by atoms with Gasteiger partial charge in [-0.25, -0.2) is 4.79 Å². The molecular formula is C26H36O7. The topological polar surface area (TPSA) is 127 Å². The van der Waals surface area contributed by atoms with Crippen LogP contribution in [0.3, 0.4) is 0 Å². The van der Waals surface area contributed by atoms with E-state index in [0.717, 1.165) is 24.8 Å². The zero-order valence-corrected chi connectivity index (χ0v) is 19.4. The van der Waals surface area contributed by atoms with E-state index in [1.807, 2.05) is 13.0 Å². The lowest BCUT2D eigenvalue weighted by Gasteiger charge is -2.59. The lowest BCUT2D eigenvalue weighted by Crippen LogP contribution is -2.57. The molecule has 1 aliphatic heterocycles. The molecule has 0 amide bonds. The molecule has 33 heavy (non-hydrogen) atoms. The van der Waals surface area contributed by atoms with Crippen molar-refractivity contribution in [2.75, 3.05) is 13.2 Å². The third-order valence-electron chi connectivity index (χ3n) is 8.06. The summed E-state index contributed by atoms with van der Waals surface area (Å²) in [5.41, 5.74) is 0.911. The molecule has 1 saturated heterocycles. The molecule has 7 heteroatoms. The number of hydrogen-bond donors (Lipinski definition) is 5. The van der Waals surface area contributed by atoms with Gasteiger partial charge < -0.3 is 30.3 Å². The number of phenolic OH excluding ortho intramolecular Hbond substituents is 2. The highest BCUT2D eigenvalue weighted by Crippen LogP contribution is 2.61. The van der Waals surface area contributed by atoms with Gasteiger partial charge in [-0.1, -0.05) is 38.1 Å². The first kappa shape index (κ1) is 25.3. The van der Waals surface area contributed by atoms with E-state index >= 15 is 0 Å². The third-order valence-corrected chi connectivity index (χ3v) is 8.06. The number of carbonyl (C=O) groups excluding carboxylic acids is 1. The summed E-state index contributed by atoms with van der Waals surface area (Å²) >= 11 is 0. The maximum Gasteiger partial charge on any atom is 0.336 e. The van der Waals surface area contributed by atoms with Gasteiger partial charge in [0.15, 0.2) is 0 Å². The van der Waals surface area contributed by atoms with Crippen molar-refractivity contribution in [2.45, 2.75) is 58.2 Å². The number of aliphatic hydroxyl groups excluding tert-OH is 3. The molecule has 4 rings (SSSR count). The SMILES string of the molecule is C=C1CCC2[C@](C)(CC[C@H](O)[C@]2(C)CO)[C@H]1C/C=C1/C(=O)OC[C@@H]1O.Oc1cccc(O)c1. The molecule has 2 saturated carbocycles. The Morgan fingerprint density at radius 1 is 1.18 bits per heavy atom. The van der Waals surface area contributed by atoms with Crippen molar-refractivity contribution in [2.24, 2.45) is 22.7 Å². The molecule has 182 valence electrons. The molecule has 2 aliphatic carbocycles. The minimum atomic E-state index is -0.844. The van der Waals surface area contributed by atoms with Crippen molar-refractivity contribution in [3.63, 3.8) is 0 Å². The molecule has 5 N–H and O–H groups in total. The molecule has 7 nitrogen and oxygen atoms in total. The van der Waals surface area contributed by atoms with Crippen molar-refractivity contribution in [1.29, 1.82) is 0 Å². The van der Waals surface area contributed by atoms with E-state index in [-0.39, 0.29) is 42.0 Å². The average Bonchev–Trinajstić information content (AvgIpc) is 3.08. The molecule has 1 aromatic rings. The van der Waals surface area contributed by atoms with Gasteiger partial charge in [-0.05, 0) is 61.5 Å². The van der Waals surface area contributed by atoms with Crippen molar-refractivity contribution in [1.82, 2.24) is 0 Å². The van der Waals surface area contributed by atoms with Crippen LogP contribution in [0.1, 0.15) is 46.0 Å².